The Labute approximate surface area is 126 Å². The minimum atomic E-state index is -1.40. The Kier molecular flexibility index (Phi) is 3.49. The Balaban J connectivity index is 1.76. The maximum absolute atomic E-state index is 13.3. The zero-order chi connectivity index (χ0) is 14.5. The van der Waals surface area contributed by atoms with Crippen LogP contribution in [0.4, 0.5) is 13.2 Å². The standard InChI is InChI=1S/C15H15Cl2F3/c16-15(17)6-5-14(15)3-1-9(2-4-14)10-7-11(18)13(20)12(19)8-10/h7-9H,1-6H2. The Hall–Kier alpha value is -0.410. The minimum Gasteiger partial charge on any atom is -0.204 e. The molecule has 1 aromatic rings. The minimum absolute atomic E-state index is 0.0380. The molecule has 3 rings (SSSR count). The molecule has 0 amide bonds. The Morgan fingerprint density at radius 3 is 1.85 bits per heavy atom. The number of rotatable bonds is 1. The summed E-state index contributed by atoms with van der Waals surface area (Å²) >= 11 is 12.6. The van der Waals surface area contributed by atoms with Crippen LogP contribution in [0.2, 0.25) is 0 Å². The van der Waals surface area contributed by atoms with Crippen LogP contribution in [-0.4, -0.2) is 4.33 Å². The number of halogens is 5. The van der Waals surface area contributed by atoms with Crippen molar-refractivity contribution in [2.75, 3.05) is 0 Å². The van der Waals surface area contributed by atoms with Crippen molar-refractivity contribution in [1.82, 2.24) is 0 Å². The summed E-state index contributed by atoms with van der Waals surface area (Å²) in [7, 11) is 0. The second-order valence-corrected chi connectivity index (χ2v) is 7.54. The smallest absolute Gasteiger partial charge is 0.194 e. The van der Waals surface area contributed by atoms with E-state index in [0.717, 1.165) is 50.7 Å². The Morgan fingerprint density at radius 1 is 0.900 bits per heavy atom. The van der Waals surface area contributed by atoms with Crippen LogP contribution in [-0.2, 0) is 0 Å². The van der Waals surface area contributed by atoms with Crippen molar-refractivity contribution in [3.63, 3.8) is 0 Å². The first-order valence-electron chi connectivity index (χ1n) is 6.87. The molecule has 0 aliphatic heterocycles. The van der Waals surface area contributed by atoms with Crippen molar-refractivity contribution in [2.45, 2.75) is 48.8 Å². The van der Waals surface area contributed by atoms with Gasteiger partial charge in [0, 0.05) is 5.41 Å². The summed E-state index contributed by atoms with van der Waals surface area (Å²) in [5, 5.41) is 0. The van der Waals surface area contributed by atoms with Gasteiger partial charge in [-0.3, -0.25) is 0 Å². The van der Waals surface area contributed by atoms with Crippen LogP contribution in [0.5, 0.6) is 0 Å². The zero-order valence-electron chi connectivity index (χ0n) is 10.9. The van der Waals surface area contributed by atoms with Crippen molar-refractivity contribution >= 4 is 23.2 Å². The summed E-state index contributed by atoms with van der Waals surface area (Å²) < 4.78 is 38.9. The number of hydrogen-bond acceptors (Lipinski definition) is 0. The van der Waals surface area contributed by atoms with Gasteiger partial charge in [-0.25, -0.2) is 13.2 Å². The van der Waals surface area contributed by atoms with Gasteiger partial charge in [-0.05, 0) is 62.1 Å². The van der Waals surface area contributed by atoms with E-state index >= 15 is 0 Å². The second-order valence-electron chi connectivity index (χ2n) is 6.06. The van der Waals surface area contributed by atoms with E-state index < -0.39 is 21.8 Å². The monoisotopic (exact) mass is 322 g/mol. The number of alkyl halides is 2. The van der Waals surface area contributed by atoms with Gasteiger partial charge in [-0.1, -0.05) is 0 Å². The molecule has 2 aliphatic rings. The van der Waals surface area contributed by atoms with Gasteiger partial charge >= 0.3 is 0 Å². The van der Waals surface area contributed by atoms with Crippen molar-refractivity contribution in [3.05, 3.63) is 35.1 Å². The number of benzene rings is 1. The molecule has 2 saturated carbocycles. The van der Waals surface area contributed by atoms with Crippen molar-refractivity contribution < 1.29 is 13.2 Å². The topological polar surface area (TPSA) is 0 Å². The van der Waals surface area contributed by atoms with E-state index in [9.17, 15) is 13.2 Å². The van der Waals surface area contributed by atoms with Gasteiger partial charge in [0.15, 0.2) is 17.5 Å². The molecular formula is C15H15Cl2F3. The summed E-state index contributed by atoms with van der Waals surface area (Å²) in [5.74, 6) is -3.59. The first-order valence-corrected chi connectivity index (χ1v) is 7.62. The lowest BCUT2D eigenvalue weighted by Gasteiger charge is -2.55. The highest BCUT2D eigenvalue weighted by atomic mass is 35.5. The summed E-state index contributed by atoms with van der Waals surface area (Å²) in [4.78, 5) is 0. The molecule has 1 aromatic carbocycles. The molecule has 0 heterocycles. The third kappa shape index (κ3) is 2.14. The molecule has 0 nitrogen and oxygen atoms in total. The molecule has 20 heavy (non-hydrogen) atoms. The van der Waals surface area contributed by atoms with Gasteiger partial charge in [-0.2, -0.15) is 0 Å². The predicted molar refractivity (Wildman–Crippen MR) is 73.6 cm³/mol. The van der Waals surface area contributed by atoms with Crippen LogP contribution >= 0.6 is 23.2 Å². The zero-order valence-corrected chi connectivity index (χ0v) is 12.4. The fourth-order valence-corrected chi connectivity index (χ4v) is 4.35. The highest BCUT2D eigenvalue weighted by Gasteiger charge is 2.57. The molecule has 2 aliphatic carbocycles. The van der Waals surface area contributed by atoms with Crippen LogP contribution in [0, 0.1) is 22.9 Å². The number of hydrogen-bond donors (Lipinski definition) is 0. The molecule has 0 saturated heterocycles. The van der Waals surface area contributed by atoms with E-state index in [4.69, 9.17) is 23.2 Å². The first kappa shape index (κ1) is 14.5. The second kappa shape index (κ2) is 4.81. The largest absolute Gasteiger partial charge is 0.204 e. The van der Waals surface area contributed by atoms with Gasteiger partial charge in [0.25, 0.3) is 0 Å². The van der Waals surface area contributed by atoms with Gasteiger partial charge in [-0.15, -0.1) is 23.2 Å². The van der Waals surface area contributed by atoms with Crippen LogP contribution in [0.25, 0.3) is 0 Å². The fraction of sp³-hybridized carbons (Fsp3) is 0.600. The van der Waals surface area contributed by atoms with Gasteiger partial charge in [0.05, 0.1) is 0 Å². The van der Waals surface area contributed by atoms with E-state index in [1.165, 1.54) is 0 Å². The molecule has 110 valence electrons. The summed E-state index contributed by atoms with van der Waals surface area (Å²) in [5.41, 5.74) is 0.495. The highest BCUT2D eigenvalue weighted by Crippen LogP contribution is 2.65. The first-order chi connectivity index (χ1) is 9.35. The van der Waals surface area contributed by atoms with E-state index in [0.29, 0.717) is 5.56 Å². The van der Waals surface area contributed by atoms with E-state index in [1.807, 2.05) is 0 Å². The van der Waals surface area contributed by atoms with Gasteiger partial charge in [0.2, 0.25) is 0 Å². The highest BCUT2D eigenvalue weighted by molar-refractivity contribution is 6.49. The van der Waals surface area contributed by atoms with Crippen LogP contribution in [0.1, 0.15) is 50.0 Å². The lowest BCUT2D eigenvalue weighted by molar-refractivity contribution is 0.0539. The average Bonchev–Trinajstić information content (AvgIpc) is 2.43. The maximum Gasteiger partial charge on any atom is 0.194 e. The molecule has 0 aromatic heterocycles. The van der Waals surface area contributed by atoms with Crippen molar-refractivity contribution in [3.8, 4) is 0 Å². The third-order valence-corrected chi connectivity index (χ3v) is 6.29. The molecule has 1 spiro atoms. The summed E-state index contributed by atoms with van der Waals surface area (Å²) in [6.07, 6.45) is 5.09. The van der Waals surface area contributed by atoms with E-state index in [2.05, 4.69) is 0 Å². The molecule has 0 atom stereocenters. The quantitative estimate of drug-likeness (QED) is 0.458. The Morgan fingerprint density at radius 2 is 1.45 bits per heavy atom. The van der Waals surface area contributed by atoms with Gasteiger partial charge < -0.3 is 0 Å². The van der Waals surface area contributed by atoms with Crippen LogP contribution < -0.4 is 0 Å². The van der Waals surface area contributed by atoms with Crippen molar-refractivity contribution in [2.24, 2.45) is 5.41 Å². The predicted octanol–water partition coefficient (Wildman–Crippen LogP) is 5.72. The van der Waals surface area contributed by atoms with Crippen molar-refractivity contribution in [1.29, 1.82) is 0 Å². The lowest BCUT2D eigenvalue weighted by atomic mass is 9.57. The third-order valence-electron chi connectivity index (χ3n) is 5.11. The molecular weight excluding hydrogens is 308 g/mol. The molecule has 0 unspecified atom stereocenters. The lowest BCUT2D eigenvalue weighted by Crippen LogP contribution is -2.51. The van der Waals surface area contributed by atoms with Crippen LogP contribution in [0.15, 0.2) is 12.1 Å². The molecule has 0 bridgehead atoms. The fourth-order valence-electron chi connectivity index (χ4n) is 3.60. The molecule has 5 heteroatoms. The summed E-state index contributed by atoms with van der Waals surface area (Å²) in [6.45, 7) is 0. The molecule has 0 radical (unpaired) electrons. The molecule has 0 N–H and O–H groups in total. The Bertz CT molecular complexity index is 511. The van der Waals surface area contributed by atoms with E-state index in [1.54, 1.807) is 0 Å². The van der Waals surface area contributed by atoms with Gasteiger partial charge in [0.1, 0.15) is 4.33 Å². The molecule has 2 fully saturated rings. The van der Waals surface area contributed by atoms with Crippen LogP contribution in [0.3, 0.4) is 0 Å². The normalized spacial score (nSPS) is 32.1. The SMILES string of the molecule is Fc1cc(C2CCC3(CC2)CCC3(Cl)Cl)cc(F)c1F. The maximum atomic E-state index is 13.3. The average molecular weight is 323 g/mol. The van der Waals surface area contributed by atoms with E-state index in [-0.39, 0.29) is 11.3 Å². The summed E-state index contributed by atoms with van der Waals surface area (Å²) in [6, 6.07) is 2.22.